The zero-order valence-corrected chi connectivity index (χ0v) is 13.8. The maximum Gasteiger partial charge on any atom is 0.277 e. The Balaban J connectivity index is 2.02. The van der Waals surface area contributed by atoms with Gasteiger partial charge in [0, 0.05) is 25.2 Å². The normalized spacial score (nSPS) is 18.5. The fourth-order valence-electron chi connectivity index (χ4n) is 3.06. The molecule has 1 saturated heterocycles. The second kappa shape index (κ2) is 6.72. The van der Waals surface area contributed by atoms with Crippen molar-refractivity contribution in [1.82, 2.24) is 9.80 Å². The zero-order valence-electron chi connectivity index (χ0n) is 13.0. The first-order chi connectivity index (χ1) is 11.1. The molecule has 5 nitrogen and oxygen atoms in total. The number of benzene rings is 1. The van der Waals surface area contributed by atoms with Crippen LogP contribution in [0.4, 0.5) is 0 Å². The number of hydrogen-bond acceptors (Lipinski definition) is 4. The number of hydrogen-bond donors (Lipinski definition) is 0. The molecule has 23 heavy (non-hydrogen) atoms. The summed E-state index contributed by atoms with van der Waals surface area (Å²) in [6, 6.07) is 7.06. The highest BCUT2D eigenvalue weighted by atomic mass is 35.5. The highest BCUT2D eigenvalue weighted by molar-refractivity contribution is 6.36. The van der Waals surface area contributed by atoms with Crippen molar-refractivity contribution in [3.63, 3.8) is 0 Å². The van der Waals surface area contributed by atoms with Gasteiger partial charge in [0.1, 0.15) is 5.70 Å². The lowest BCUT2D eigenvalue weighted by Crippen LogP contribution is -2.36. The molecule has 2 aliphatic heterocycles. The highest BCUT2D eigenvalue weighted by Gasteiger charge is 2.41. The smallest absolute Gasteiger partial charge is 0.277 e. The quantitative estimate of drug-likeness (QED) is 0.774. The molecule has 0 bridgehead atoms. The molecule has 2 amide bonds. The van der Waals surface area contributed by atoms with Gasteiger partial charge in [-0.3, -0.25) is 14.5 Å². The minimum absolute atomic E-state index is 0.223. The molecule has 0 spiro atoms. The van der Waals surface area contributed by atoms with Crippen LogP contribution in [0.15, 0.2) is 30.0 Å². The second-order valence-corrected chi connectivity index (χ2v) is 6.12. The van der Waals surface area contributed by atoms with E-state index < -0.39 is 0 Å². The van der Waals surface area contributed by atoms with Crippen molar-refractivity contribution in [3.8, 4) is 0 Å². The first kappa shape index (κ1) is 16.0. The van der Waals surface area contributed by atoms with Crippen LogP contribution in [0.3, 0.4) is 0 Å². The van der Waals surface area contributed by atoms with E-state index >= 15 is 0 Å². The summed E-state index contributed by atoms with van der Waals surface area (Å²) in [5, 5.41) is 0.602. The molecule has 2 aliphatic rings. The van der Waals surface area contributed by atoms with Gasteiger partial charge in [0.05, 0.1) is 18.7 Å². The number of halogens is 1. The van der Waals surface area contributed by atoms with Gasteiger partial charge in [0.2, 0.25) is 0 Å². The zero-order chi connectivity index (χ0) is 16.4. The van der Waals surface area contributed by atoms with Gasteiger partial charge in [-0.25, -0.2) is 0 Å². The van der Waals surface area contributed by atoms with Gasteiger partial charge in [0.15, 0.2) is 0 Å². The lowest BCUT2D eigenvalue weighted by molar-refractivity contribution is -0.138. The molecule has 1 aromatic rings. The lowest BCUT2D eigenvalue weighted by atomic mass is 10.0. The fourth-order valence-corrected chi connectivity index (χ4v) is 3.19. The van der Waals surface area contributed by atoms with Crippen molar-refractivity contribution in [3.05, 3.63) is 40.5 Å². The third kappa shape index (κ3) is 2.99. The third-order valence-electron chi connectivity index (χ3n) is 4.22. The summed E-state index contributed by atoms with van der Waals surface area (Å²) >= 11 is 5.94. The highest BCUT2D eigenvalue weighted by Crippen LogP contribution is 2.33. The minimum Gasteiger partial charge on any atom is -0.383 e. The summed E-state index contributed by atoms with van der Waals surface area (Å²) in [5.74, 6) is -0.477. The Kier molecular flexibility index (Phi) is 4.68. The van der Waals surface area contributed by atoms with Crippen molar-refractivity contribution in [2.75, 3.05) is 33.4 Å². The average Bonchev–Trinajstić information content (AvgIpc) is 3.14. The summed E-state index contributed by atoms with van der Waals surface area (Å²) < 4.78 is 5.02. The first-order valence-electron chi connectivity index (χ1n) is 7.74. The van der Waals surface area contributed by atoms with E-state index in [4.69, 9.17) is 16.3 Å². The third-order valence-corrected chi connectivity index (χ3v) is 4.47. The van der Waals surface area contributed by atoms with Crippen molar-refractivity contribution >= 4 is 29.0 Å². The van der Waals surface area contributed by atoms with Crippen molar-refractivity contribution in [2.45, 2.75) is 12.8 Å². The molecule has 1 fully saturated rings. The van der Waals surface area contributed by atoms with E-state index in [-0.39, 0.29) is 18.4 Å². The Morgan fingerprint density at radius 1 is 1.09 bits per heavy atom. The molecule has 3 rings (SSSR count). The molecule has 2 heterocycles. The van der Waals surface area contributed by atoms with E-state index in [9.17, 15) is 9.59 Å². The summed E-state index contributed by atoms with van der Waals surface area (Å²) in [6.45, 7) is 2.22. The molecule has 0 saturated carbocycles. The Morgan fingerprint density at radius 3 is 2.35 bits per heavy atom. The molecule has 122 valence electrons. The molecule has 0 atom stereocenters. The standard InChI is InChI=1S/C17H19ClN2O3/c1-23-11-10-20-16(21)14(12-4-6-13(18)7-5-12)15(17(20)22)19-8-2-3-9-19/h4-7H,2-3,8-11H2,1H3. The van der Waals surface area contributed by atoms with E-state index in [0.29, 0.717) is 22.9 Å². The number of nitrogens with zero attached hydrogens (tertiary/aromatic N) is 2. The number of methoxy groups -OCH3 is 1. The van der Waals surface area contributed by atoms with Crippen molar-refractivity contribution < 1.29 is 14.3 Å². The second-order valence-electron chi connectivity index (χ2n) is 5.68. The Bertz CT molecular complexity index is 648. The van der Waals surface area contributed by atoms with Gasteiger partial charge in [-0.2, -0.15) is 0 Å². The predicted molar refractivity (Wildman–Crippen MR) is 87.8 cm³/mol. The van der Waals surface area contributed by atoms with Gasteiger partial charge in [0.25, 0.3) is 11.8 Å². The molecule has 6 heteroatoms. The number of rotatable bonds is 5. The Labute approximate surface area is 140 Å². The predicted octanol–water partition coefficient (Wildman–Crippen LogP) is 2.16. The summed E-state index contributed by atoms with van der Waals surface area (Å²) in [4.78, 5) is 28.9. The van der Waals surface area contributed by atoms with Gasteiger partial charge < -0.3 is 9.64 Å². The molecule has 0 radical (unpaired) electrons. The largest absolute Gasteiger partial charge is 0.383 e. The first-order valence-corrected chi connectivity index (χ1v) is 8.11. The topological polar surface area (TPSA) is 49.9 Å². The van der Waals surface area contributed by atoms with Crippen molar-refractivity contribution in [1.29, 1.82) is 0 Å². The van der Waals surface area contributed by atoms with Gasteiger partial charge in [-0.1, -0.05) is 23.7 Å². The number of carbonyl (C=O) groups is 2. The van der Waals surface area contributed by atoms with E-state index in [1.807, 2.05) is 4.90 Å². The van der Waals surface area contributed by atoms with E-state index in [0.717, 1.165) is 31.5 Å². The van der Waals surface area contributed by atoms with Crippen LogP contribution in [0.1, 0.15) is 18.4 Å². The van der Waals surface area contributed by atoms with Crippen LogP contribution in [-0.4, -0.2) is 55.0 Å². The molecular weight excluding hydrogens is 316 g/mol. The van der Waals surface area contributed by atoms with E-state index in [2.05, 4.69) is 0 Å². The molecule has 0 aliphatic carbocycles. The monoisotopic (exact) mass is 334 g/mol. The number of imide groups is 1. The summed E-state index contributed by atoms with van der Waals surface area (Å²) in [7, 11) is 1.56. The number of likely N-dealkylation sites (tertiary alicyclic amines) is 1. The fraction of sp³-hybridized carbons (Fsp3) is 0.412. The molecular formula is C17H19ClN2O3. The van der Waals surface area contributed by atoms with E-state index in [1.165, 1.54) is 4.90 Å². The van der Waals surface area contributed by atoms with Crippen LogP contribution in [0.5, 0.6) is 0 Å². The summed E-state index contributed by atoms with van der Waals surface area (Å²) in [5.41, 5.74) is 1.73. The van der Waals surface area contributed by atoms with Gasteiger partial charge in [-0.05, 0) is 30.5 Å². The summed E-state index contributed by atoms with van der Waals surface area (Å²) in [6.07, 6.45) is 2.08. The van der Waals surface area contributed by atoms with Crippen molar-refractivity contribution in [2.24, 2.45) is 0 Å². The molecule has 0 unspecified atom stereocenters. The molecule has 0 N–H and O–H groups in total. The molecule has 0 aromatic heterocycles. The number of carbonyl (C=O) groups excluding carboxylic acids is 2. The number of amides is 2. The Morgan fingerprint density at radius 2 is 1.74 bits per heavy atom. The average molecular weight is 335 g/mol. The van der Waals surface area contributed by atoms with Gasteiger partial charge >= 0.3 is 0 Å². The van der Waals surface area contributed by atoms with Crippen LogP contribution in [0.25, 0.3) is 5.57 Å². The maximum atomic E-state index is 12.8. The van der Waals surface area contributed by atoms with Crippen LogP contribution >= 0.6 is 11.6 Å². The van der Waals surface area contributed by atoms with Crippen LogP contribution in [0.2, 0.25) is 5.02 Å². The number of ether oxygens (including phenoxy) is 1. The van der Waals surface area contributed by atoms with Crippen LogP contribution in [-0.2, 0) is 14.3 Å². The lowest BCUT2D eigenvalue weighted by Gasteiger charge is -2.20. The van der Waals surface area contributed by atoms with E-state index in [1.54, 1.807) is 31.4 Å². The Hall–Kier alpha value is -1.85. The minimum atomic E-state index is -0.253. The molecule has 1 aromatic carbocycles. The van der Waals surface area contributed by atoms with Crippen LogP contribution in [0, 0.1) is 0 Å². The van der Waals surface area contributed by atoms with Gasteiger partial charge in [-0.15, -0.1) is 0 Å². The van der Waals surface area contributed by atoms with Crippen LogP contribution < -0.4 is 0 Å². The SMILES string of the molecule is COCCN1C(=O)C(c2ccc(Cl)cc2)=C(N2CCCC2)C1=O. The maximum absolute atomic E-state index is 12.8.